The molecular formula is C14H32N2O2. The number of carbonyl (C=O) groups excluding carboxylic acids is 1. The van der Waals surface area contributed by atoms with Crippen molar-refractivity contribution in [2.24, 2.45) is 0 Å². The van der Waals surface area contributed by atoms with Gasteiger partial charge < -0.3 is 9.64 Å². The van der Waals surface area contributed by atoms with Gasteiger partial charge >= 0.3 is 0 Å². The van der Waals surface area contributed by atoms with Crippen LogP contribution in [0, 0.1) is 0 Å². The topological polar surface area (TPSA) is 32.8 Å². The summed E-state index contributed by atoms with van der Waals surface area (Å²) in [6.45, 7) is 15.3. The van der Waals surface area contributed by atoms with Crippen LogP contribution in [0.2, 0.25) is 0 Å². The second-order valence-corrected chi connectivity index (χ2v) is 4.05. The number of rotatable bonds is 3. The van der Waals surface area contributed by atoms with Gasteiger partial charge in [-0.2, -0.15) is 0 Å². The molecule has 1 saturated heterocycles. The number of hydrogen-bond donors (Lipinski definition) is 0. The predicted octanol–water partition coefficient (Wildman–Crippen LogP) is 2.24. The number of ether oxygens (including phenoxy) is 1. The maximum atomic E-state index is 11.0. The van der Waals surface area contributed by atoms with Crippen LogP contribution in [0.5, 0.6) is 0 Å². The molecule has 0 unspecified atom stereocenters. The lowest BCUT2D eigenvalue weighted by molar-refractivity contribution is -0.130. The van der Waals surface area contributed by atoms with E-state index < -0.39 is 0 Å². The summed E-state index contributed by atoms with van der Waals surface area (Å²) < 4.78 is 5.00. The third-order valence-corrected chi connectivity index (χ3v) is 2.43. The Morgan fingerprint density at radius 2 is 1.56 bits per heavy atom. The Bertz CT molecular complexity index is 179. The summed E-state index contributed by atoms with van der Waals surface area (Å²) in [7, 11) is 1.71. The highest BCUT2D eigenvalue weighted by Gasteiger charge is 2.17. The van der Waals surface area contributed by atoms with E-state index in [1.165, 1.54) is 6.42 Å². The standard InChI is InChI=1S/C9H18N2O2.C3H8.C2H6/c1-9(12)11-5-3-10(4-6-11)7-8-13-2;1-3-2;1-2/h3-8H2,1-2H3;3H2,1-2H3;1-2H3. The van der Waals surface area contributed by atoms with Crippen LogP contribution >= 0.6 is 0 Å². The van der Waals surface area contributed by atoms with Crippen molar-refractivity contribution in [2.75, 3.05) is 46.4 Å². The Balaban J connectivity index is 0. The SMILES string of the molecule is CC.CCC.COCCN1CCN(C(C)=O)CC1. The number of piperazine rings is 1. The second kappa shape index (κ2) is 14.5. The largest absolute Gasteiger partial charge is 0.383 e. The molecular weight excluding hydrogens is 228 g/mol. The molecule has 0 radical (unpaired) electrons. The molecule has 1 fully saturated rings. The molecule has 1 rings (SSSR count). The zero-order valence-electron chi connectivity index (χ0n) is 13.2. The maximum Gasteiger partial charge on any atom is 0.219 e. The van der Waals surface area contributed by atoms with E-state index in [1.807, 2.05) is 18.7 Å². The summed E-state index contributed by atoms with van der Waals surface area (Å²) in [4.78, 5) is 15.2. The monoisotopic (exact) mass is 260 g/mol. The first-order valence-corrected chi connectivity index (χ1v) is 7.12. The van der Waals surface area contributed by atoms with Crippen molar-refractivity contribution in [1.82, 2.24) is 9.80 Å². The van der Waals surface area contributed by atoms with Crippen molar-refractivity contribution < 1.29 is 9.53 Å². The van der Waals surface area contributed by atoms with Crippen molar-refractivity contribution in [1.29, 1.82) is 0 Å². The van der Waals surface area contributed by atoms with Gasteiger partial charge in [0, 0.05) is 46.8 Å². The molecule has 1 amide bonds. The zero-order chi connectivity index (χ0) is 14.4. The van der Waals surface area contributed by atoms with Crippen molar-refractivity contribution in [2.45, 2.75) is 41.0 Å². The molecule has 0 aliphatic carbocycles. The first-order chi connectivity index (χ1) is 8.65. The minimum Gasteiger partial charge on any atom is -0.383 e. The first kappa shape index (κ1) is 19.7. The molecule has 0 atom stereocenters. The summed E-state index contributed by atoms with van der Waals surface area (Å²) in [5, 5.41) is 0. The molecule has 0 aromatic carbocycles. The van der Waals surface area contributed by atoms with Gasteiger partial charge in [-0.15, -0.1) is 0 Å². The van der Waals surface area contributed by atoms with Crippen LogP contribution in [0.1, 0.15) is 41.0 Å². The Morgan fingerprint density at radius 3 is 1.89 bits per heavy atom. The maximum absolute atomic E-state index is 11.0. The minimum atomic E-state index is 0.186. The molecule has 110 valence electrons. The first-order valence-electron chi connectivity index (χ1n) is 7.12. The van der Waals surface area contributed by atoms with Crippen LogP contribution in [0.15, 0.2) is 0 Å². The van der Waals surface area contributed by atoms with Gasteiger partial charge in [0.25, 0.3) is 0 Å². The van der Waals surface area contributed by atoms with E-state index in [1.54, 1.807) is 14.0 Å². The molecule has 0 spiro atoms. The fourth-order valence-corrected chi connectivity index (χ4v) is 1.51. The van der Waals surface area contributed by atoms with Crippen molar-refractivity contribution in [3.63, 3.8) is 0 Å². The quantitative estimate of drug-likeness (QED) is 0.780. The van der Waals surface area contributed by atoms with Crippen LogP contribution < -0.4 is 0 Å². The fourth-order valence-electron chi connectivity index (χ4n) is 1.51. The van der Waals surface area contributed by atoms with Crippen LogP contribution in [0.3, 0.4) is 0 Å². The van der Waals surface area contributed by atoms with Crippen molar-refractivity contribution in [3.8, 4) is 0 Å². The zero-order valence-corrected chi connectivity index (χ0v) is 13.2. The highest BCUT2D eigenvalue weighted by atomic mass is 16.5. The molecule has 0 N–H and O–H groups in total. The van der Waals surface area contributed by atoms with Gasteiger partial charge in [-0.25, -0.2) is 0 Å². The normalized spacial score (nSPS) is 15.1. The summed E-state index contributed by atoms with van der Waals surface area (Å²) in [5.74, 6) is 0.186. The highest BCUT2D eigenvalue weighted by Crippen LogP contribution is 2.01. The molecule has 0 bridgehead atoms. The van der Waals surface area contributed by atoms with Crippen LogP contribution in [0.25, 0.3) is 0 Å². The molecule has 0 aromatic rings. The number of hydrogen-bond acceptors (Lipinski definition) is 3. The van der Waals surface area contributed by atoms with E-state index in [-0.39, 0.29) is 5.91 Å². The molecule has 4 nitrogen and oxygen atoms in total. The highest BCUT2D eigenvalue weighted by molar-refractivity contribution is 5.73. The lowest BCUT2D eigenvalue weighted by atomic mass is 10.3. The van der Waals surface area contributed by atoms with Crippen LogP contribution in [0.4, 0.5) is 0 Å². The lowest BCUT2D eigenvalue weighted by Gasteiger charge is -2.33. The third-order valence-electron chi connectivity index (χ3n) is 2.43. The molecule has 0 saturated carbocycles. The van der Waals surface area contributed by atoms with E-state index in [0.717, 1.165) is 39.3 Å². The summed E-state index contributed by atoms with van der Waals surface area (Å²) in [5.41, 5.74) is 0. The Kier molecular flexibility index (Phi) is 15.8. The van der Waals surface area contributed by atoms with Gasteiger partial charge in [-0.05, 0) is 0 Å². The number of methoxy groups -OCH3 is 1. The van der Waals surface area contributed by atoms with Gasteiger partial charge in [0.1, 0.15) is 0 Å². The molecule has 0 aromatic heterocycles. The minimum absolute atomic E-state index is 0.186. The van der Waals surface area contributed by atoms with Crippen molar-refractivity contribution in [3.05, 3.63) is 0 Å². The van der Waals surface area contributed by atoms with E-state index in [4.69, 9.17) is 4.74 Å². The van der Waals surface area contributed by atoms with Crippen molar-refractivity contribution >= 4 is 5.91 Å². The van der Waals surface area contributed by atoms with E-state index in [2.05, 4.69) is 18.7 Å². The van der Waals surface area contributed by atoms with Crippen LogP contribution in [-0.2, 0) is 9.53 Å². The number of carbonyl (C=O) groups is 1. The Labute approximate surface area is 113 Å². The van der Waals surface area contributed by atoms with E-state index in [0.29, 0.717) is 0 Å². The fraction of sp³-hybridized carbons (Fsp3) is 0.929. The van der Waals surface area contributed by atoms with Gasteiger partial charge in [-0.3, -0.25) is 9.69 Å². The average Bonchev–Trinajstić information content (AvgIpc) is 2.40. The second-order valence-electron chi connectivity index (χ2n) is 4.05. The van der Waals surface area contributed by atoms with Gasteiger partial charge in [0.15, 0.2) is 0 Å². The predicted molar refractivity (Wildman–Crippen MR) is 77.9 cm³/mol. The Morgan fingerprint density at radius 1 is 1.11 bits per heavy atom. The Hall–Kier alpha value is -0.610. The number of nitrogens with zero attached hydrogens (tertiary/aromatic N) is 2. The summed E-state index contributed by atoms with van der Waals surface area (Å²) >= 11 is 0. The van der Waals surface area contributed by atoms with Crippen LogP contribution in [-0.4, -0.2) is 62.1 Å². The van der Waals surface area contributed by atoms with E-state index in [9.17, 15) is 4.79 Å². The molecule has 4 heteroatoms. The third kappa shape index (κ3) is 10.5. The average molecular weight is 260 g/mol. The number of amides is 1. The summed E-state index contributed by atoms with van der Waals surface area (Å²) in [6, 6.07) is 0. The molecule has 1 heterocycles. The van der Waals surface area contributed by atoms with E-state index >= 15 is 0 Å². The smallest absolute Gasteiger partial charge is 0.219 e. The molecule has 1 aliphatic heterocycles. The van der Waals surface area contributed by atoms with Gasteiger partial charge in [-0.1, -0.05) is 34.1 Å². The van der Waals surface area contributed by atoms with Gasteiger partial charge in [0.2, 0.25) is 5.91 Å². The molecule has 18 heavy (non-hydrogen) atoms. The lowest BCUT2D eigenvalue weighted by Crippen LogP contribution is -2.48. The molecule has 1 aliphatic rings. The van der Waals surface area contributed by atoms with Gasteiger partial charge in [0.05, 0.1) is 6.61 Å². The summed E-state index contributed by atoms with van der Waals surface area (Å²) in [6.07, 6.45) is 1.25.